The highest BCUT2D eigenvalue weighted by molar-refractivity contribution is 6.39. The summed E-state index contributed by atoms with van der Waals surface area (Å²) in [4.78, 5) is 22.4. The zero-order chi connectivity index (χ0) is 15.0. The van der Waals surface area contributed by atoms with Crippen LogP contribution in [0, 0.1) is 0 Å². The number of carbonyl (C=O) groups excluding carboxylic acids is 2. The van der Waals surface area contributed by atoms with E-state index in [4.69, 9.17) is 4.74 Å². The average molecular weight is 274 g/mol. The number of allylic oxidation sites excluding steroid dienone is 1. The zero-order valence-electron chi connectivity index (χ0n) is 11.9. The normalized spacial score (nSPS) is 10.2. The van der Waals surface area contributed by atoms with Crippen molar-refractivity contribution in [3.8, 4) is 5.75 Å². The van der Waals surface area contributed by atoms with Gasteiger partial charge in [0.2, 0.25) is 0 Å². The van der Waals surface area contributed by atoms with Crippen LogP contribution < -0.4 is 4.74 Å². The van der Waals surface area contributed by atoms with Gasteiger partial charge in [-0.3, -0.25) is 4.79 Å². The van der Waals surface area contributed by atoms with Gasteiger partial charge in [0.15, 0.2) is 0 Å². The molecule has 0 bridgehead atoms. The fourth-order valence-corrected chi connectivity index (χ4v) is 1.38. The van der Waals surface area contributed by atoms with E-state index in [1.54, 1.807) is 12.1 Å². The number of hydrogen-bond acceptors (Lipinski definition) is 4. The van der Waals surface area contributed by atoms with E-state index in [0.717, 1.165) is 5.56 Å². The number of ether oxygens (including phenoxy) is 2. The number of methoxy groups -OCH3 is 1. The van der Waals surface area contributed by atoms with Crippen molar-refractivity contribution in [1.29, 1.82) is 0 Å². The molecule has 1 aromatic rings. The summed E-state index contributed by atoms with van der Waals surface area (Å²) in [5, 5.41) is 0. The van der Waals surface area contributed by atoms with Crippen LogP contribution in [0.25, 0.3) is 6.08 Å². The molecule has 4 heteroatoms. The maximum Gasteiger partial charge on any atom is 0.378 e. The molecule has 0 unspecified atom stereocenters. The number of carbonyl (C=O) groups is 2. The van der Waals surface area contributed by atoms with Gasteiger partial charge in [-0.2, -0.15) is 0 Å². The molecule has 0 amide bonds. The first-order valence-electron chi connectivity index (χ1n) is 6.20. The van der Waals surface area contributed by atoms with Crippen LogP contribution in [-0.4, -0.2) is 25.5 Å². The standard InChI is InChI=1S/C16H18O4/c1-12(2)10-11-20-15-7-5-4-6-13(15)8-9-14(17)16(18)19-3/h4-10H,11H2,1-3H3/b9-8+. The Labute approximate surface area is 118 Å². The number of para-hydroxylation sites is 1. The minimum absolute atomic E-state index is 0.456. The Morgan fingerprint density at radius 2 is 1.90 bits per heavy atom. The SMILES string of the molecule is COC(=O)C(=O)/C=C/c1ccccc1OCC=C(C)C. The minimum Gasteiger partial charge on any atom is -0.489 e. The van der Waals surface area contributed by atoms with Gasteiger partial charge in [-0.15, -0.1) is 0 Å². The molecule has 1 aromatic carbocycles. The first-order chi connectivity index (χ1) is 9.54. The van der Waals surface area contributed by atoms with Gasteiger partial charge >= 0.3 is 5.97 Å². The van der Waals surface area contributed by atoms with Crippen molar-refractivity contribution in [2.45, 2.75) is 13.8 Å². The first-order valence-corrected chi connectivity index (χ1v) is 6.20. The van der Waals surface area contributed by atoms with E-state index in [-0.39, 0.29) is 0 Å². The molecule has 0 aliphatic heterocycles. The molecule has 0 atom stereocenters. The quantitative estimate of drug-likeness (QED) is 0.346. The molecule has 4 nitrogen and oxygen atoms in total. The van der Waals surface area contributed by atoms with Gasteiger partial charge in [0.25, 0.3) is 5.78 Å². The molecule has 0 saturated heterocycles. The third kappa shape index (κ3) is 5.10. The van der Waals surface area contributed by atoms with E-state index in [0.29, 0.717) is 12.4 Å². The maximum atomic E-state index is 11.4. The van der Waals surface area contributed by atoms with E-state index < -0.39 is 11.8 Å². The van der Waals surface area contributed by atoms with Gasteiger partial charge in [0.05, 0.1) is 7.11 Å². The van der Waals surface area contributed by atoms with Crippen LogP contribution in [0.5, 0.6) is 5.75 Å². The molecule has 0 heterocycles. The summed E-state index contributed by atoms with van der Waals surface area (Å²) in [6.07, 6.45) is 4.67. The molecule has 106 valence electrons. The number of hydrogen-bond donors (Lipinski definition) is 0. The molecule has 0 aliphatic carbocycles. The van der Waals surface area contributed by atoms with Gasteiger partial charge in [0, 0.05) is 5.56 Å². The van der Waals surface area contributed by atoms with Crippen LogP contribution in [0.2, 0.25) is 0 Å². The van der Waals surface area contributed by atoms with Crippen molar-refractivity contribution in [3.05, 3.63) is 47.6 Å². The predicted molar refractivity (Wildman–Crippen MR) is 77.4 cm³/mol. The molecule has 0 aromatic heterocycles. The topological polar surface area (TPSA) is 52.6 Å². The summed E-state index contributed by atoms with van der Waals surface area (Å²) in [7, 11) is 1.17. The Morgan fingerprint density at radius 1 is 1.20 bits per heavy atom. The molecule has 0 spiro atoms. The van der Waals surface area contributed by atoms with Crippen LogP contribution in [0.15, 0.2) is 42.0 Å². The zero-order valence-corrected chi connectivity index (χ0v) is 11.9. The molecule has 1 rings (SSSR count). The second kappa shape index (κ2) is 7.94. The first kappa shape index (κ1) is 15.7. The molecule has 0 radical (unpaired) electrons. The summed E-state index contributed by atoms with van der Waals surface area (Å²) in [6, 6.07) is 7.29. The summed E-state index contributed by atoms with van der Waals surface area (Å²) < 4.78 is 9.96. The molecule has 0 aliphatic rings. The van der Waals surface area contributed by atoms with Gasteiger partial charge in [-0.1, -0.05) is 23.8 Å². The molecule has 0 fully saturated rings. The molecule has 0 saturated carbocycles. The van der Waals surface area contributed by atoms with Crippen LogP contribution >= 0.6 is 0 Å². The van der Waals surface area contributed by atoms with Crippen LogP contribution in [-0.2, 0) is 14.3 Å². The van der Waals surface area contributed by atoms with Crippen molar-refractivity contribution < 1.29 is 19.1 Å². The highest BCUT2D eigenvalue weighted by Crippen LogP contribution is 2.19. The van der Waals surface area contributed by atoms with E-state index in [1.807, 2.05) is 32.1 Å². The highest BCUT2D eigenvalue weighted by atomic mass is 16.5. The van der Waals surface area contributed by atoms with Gasteiger partial charge < -0.3 is 9.47 Å². The Hall–Kier alpha value is -2.36. The Balaban J connectivity index is 2.80. The van der Waals surface area contributed by atoms with Gasteiger partial charge in [-0.25, -0.2) is 4.79 Å². The second-order valence-corrected chi connectivity index (χ2v) is 4.32. The van der Waals surface area contributed by atoms with Crippen molar-refractivity contribution in [2.24, 2.45) is 0 Å². The monoisotopic (exact) mass is 274 g/mol. The van der Waals surface area contributed by atoms with Crippen molar-refractivity contribution in [2.75, 3.05) is 13.7 Å². The summed E-state index contributed by atoms with van der Waals surface area (Å²) >= 11 is 0. The number of ketones is 1. The van der Waals surface area contributed by atoms with E-state index in [2.05, 4.69) is 4.74 Å². The lowest BCUT2D eigenvalue weighted by molar-refractivity contribution is -0.149. The largest absolute Gasteiger partial charge is 0.489 e. The summed E-state index contributed by atoms with van der Waals surface area (Å²) in [6.45, 7) is 4.44. The Bertz CT molecular complexity index is 537. The lowest BCUT2D eigenvalue weighted by Gasteiger charge is -2.07. The average Bonchev–Trinajstić information content (AvgIpc) is 2.44. The van der Waals surface area contributed by atoms with Crippen molar-refractivity contribution in [3.63, 3.8) is 0 Å². The molecular weight excluding hydrogens is 256 g/mol. The molecule has 0 N–H and O–H groups in total. The highest BCUT2D eigenvalue weighted by Gasteiger charge is 2.09. The van der Waals surface area contributed by atoms with Crippen LogP contribution in [0.4, 0.5) is 0 Å². The fourth-order valence-electron chi connectivity index (χ4n) is 1.38. The van der Waals surface area contributed by atoms with E-state index in [1.165, 1.54) is 24.8 Å². The number of esters is 1. The maximum absolute atomic E-state index is 11.4. The van der Waals surface area contributed by atoms with E-state index in [9.17, 15) is 9.59 Å². The van der Waals surface area contributed by atoms with E-state index >= 15 is 0 Å². The number of benzene rings is 1. The molecule has 20 heavy (non-hydrogen) atoms. The van der Waals surface area contributed by atoms with Gasteiger partial charge in [0.1, 0.15) is 12.4 Å². The fraction of sp³-hybridized carbons (Fsp3) is 0.250. The predicted octanol–water partition coefficient (Wildman–Crippen LogP) is 2.79. The summed E-state index contributed by atoms with van der Waals surface area (Å²) in [5.41, 5.74) is 1.89. The smallest absolute Gasteiger partial charge is 0.378 e. The van der Waals surface area contributed by atoms with Crippen LogP contribution in [0.1, 0.15) is 19.4 Å². The lowest BCUT2D eigenvalue weighted by Crippen LogP contribution is -2.12. The van der Waals surface area contributed by atoms with Crippen LogP contribution in [0.3, 0.4) is 0 Å². The summed E-state index contributed by atoms with van der Waals surface area (Å²) in [5.74, 6) is -0.935. The van der Waals surface area contributed by atoms with Gasteiger partial charge in [-0.05, 0) is 38.1 Å². The third-order valence-corrected chi connectivity index (χ3v) is 2.45. The Morgan fingerprint density at radius 3 is 2.55 bits per heavy atom. The number of rotatable bonds is 6. The lowest BCUT2D eigenvalue weighted by atomic mass is 10.1. The molecular formula is C16H18O4. The third-order valence-electron chi connectivity index (χ3n) is 2.45. The minimum atomic E-state index is -0.885. The Kier molecular flexibility index (Phi) is 6.23. The van der Waals surface area contributed by atoms with Crippen molar-refractivity contribution in [1.82, 2.24) is 0 Å². The van der Waals surface area contributed by atoms with Crippen molar-refractivity contribution >= 4 is 17.8 Å². The second-order valence-electron chi connectivity index (χ2n) is 4.32.